The second-order valence-corrected chi connectivity index (χ2v) is 2.59. The number of hydrogen-bond acceptors (Lipinski definition) is 2. The molecule has 0 bridgehead atoms. The Kier molecular flexibility index (Phi) is 3.73. The van der Waals surface area contributed by atoms with Crippen LogP contribution in [0.3, 0.4) is 0 Å². The van der Waals surface area contributed by atoms with Crippen molar-refractivity contribution in [2.75, 3.05) is 0 Å². The van der Waals surface area contributed by atoms with E-state index in [2.05, 4.69) is 0 Å². The first kappa shape index (κ1) is 9.77. The summed E-state index contributed by atoms with van der Waals surface area (Å²) in [5.74, 6) is 0. The summed E-state index contributed by atoms with van der Waals surface area (Å²) in [4.78, 5) is 0. The van der Waals surface area contributed by atoms with E-state index in [0.29, 0.717) is 0 Å². The zero-order valence-electron chi connectivity index (χ0n) is 7.51. The minimum absolute atomic E-state index is 0.973. The molecule has 0 aliphatic carbocycles. The molecule has 1 aromatic carbocycles. The molecular formula is C12H8N2. The van der Waals surface area contributed by atoms with Gasteiger partial charge in [-0.3, -0.25) is 0 Å². The molecular weight excluding hydrogens is 172 g/mol. The molecule has 0 spiro atoms. The SMILES string of the molecule is N#CC=Cc1ccc(C=CC#N)cc1. The van der Waals surface area contributed by atoms with E-state index >= 15 is 0 Å². The topological polar surface area (TPSA) is 47.6 Å². The van der Waals surface area contributed by atoms with Crippen molar-refractivity contribution in [2.24, 2.45) is 0 Å². The Bertz CT molecular complexity index is 382. The number of benzene rings is 1. The Morgan fingerprint density at radius 3 is 1.43 bits per heavy atom. The van der Waals surface area contributed by atoms with Gasteiger partial charge in [0.1, 0.15) is 0 Å². The van der Waals surface area contributed by atoms with E-state index in [-0.39, 0.29) is 0 Å². The van der Waals surface area contributed by atoms with E-state index in [9.17, 15) is 0 Å². The van der Waals surface area contributed by atoms with Gasteiger partial charge in [-0.05, 0) is 23.3 Å². The molecule has 0 unspecified atom stereocenters. The van der Waals surface area contributed by atoms with Crippen LogP contribution in [-0.2, 0) is 0 Å². The van der Waals surface area contributed by atoms with Crippen LogP contribution in [0.4, 0.5) is 0 Å². The molecule has 0 heterocycles. The van der Waals surface area contributed by atoms with E-state index in [0.717, 1.165) is 11.1 Å². The molecule has 1 rings (SSSR count). The van der Waals surface area contributed by atoms with Crippen molar-refractivity contribution in [3.05, 3.63) is 47.5 Å². The lowest BCUT2D eigenvalue weighted by atomic mass is 10.1. The summed E-state index contributed by atoms with van der Waals surface area (Å²) in [5.41, 5.74) is 1.95. The fraction of sp³-hybridized carbons (Fsp3) is 0. The molecule has 0 fully saturated rings. The number of nitrogens with zero attached hydrogens (tertiary/aromatic N) is 2. The third kappa shape index (κ3) is 2.97. The molecule has 66 valence electrons. The van der Waals surface area contributed by atoms with E-state index in [4.69, 9.17) is 10.5 Å². The fourth-order valence-electron chi connectivity index (χ4n) is 0.985. The zero-order chi connectivity index (χ0) is 10.2. The van der Waals surface area contributed by atoms with Gasteiger partial charge in [0.25, 0.3) is 0 Å². The zero-order valence-corrected chi connectivity index (χ0v) is 7.51. The van der Waals surface area contributed by atoms with Crippen LogP contribution in [0.25, 0.3) is 12.2 Å². The second-order valence-electron chi connectivity index (χ2n) is 2.59. The molecule has 0 atom stereocenters. The highest BCUT2D eigenvalue weighted by molar-refractivity contribution is 5.57. The summed E-state index contributed by atoms with van der Waals surface area (Å²) in [6.45, 7) is 0. The van der Waals surface area contributed by atoms with Gasteiger partial charge >= 0.3 is 0 Å². The van der Waals surface area contributed by atoms with Crippen molar-refractivity contribution in [1.29, 1.82) is 10.5 Å². The van der Waals surface area contributed by atoms with Gasteiger partial charge in [-0.25, -0.2) is 0 Å². The molecule has 2 nitrogen and oxygen atoms in total. The van der Waals surface area contributed by atoms with E-state index in [1.807, 2.05) is 36.4 Å². The van der Waals surface area contributed by atoms with E-state index in [1.54, 1.807) is 12.2 Å². The van der Waals surface area contributed by atoms with Crippen molar-refractivity contribution in [3.8, 4) is 12.1 Å². The average molecular weight is 180 g/mol. The van der Waals surface area contributed by atoms with Crippen LogP contribution in [0.2, 0.25) is 0 Å². The smallest absolute Gasteiger partial charge is 0.0912 e. The normalized spacial score (nSPS) is 10.1. The average Bonchev–Trinajstić information content (AvgIpc) is 2.25. The van der Waals surface area contributed by atoms with Gasteiger partial charge in [0.15, 0.2) is 0 Å². The molecule has 0 saturated heterocycles. The number of rotatable bonds is 2. The molecule has 2 heteroatoms. The fourth-order valence-corrected chi connectivity index (χ4v) is 0.985. The van der Waals surface area contributed by atoms with Crippen LogP contribution < -0.4 is 0 Å². The molecule has 0 amide bonds. The van der Waals surface area contributed by atoms with Gasteiger partial charge in [0.2, 0.25) is 0 Å². The molecule has 0 N–H and O–H groups in total. The van der Waals surface area contributed by atoms with Crippen LogP contribution in [0, 0.1) is 22.7 Å². The lowest BCUT2D eigenvalue weighted by Crippen LogP contribution is -1.73. The summed E-state index contributed by atoms with van der Waals surface area (Å²) in [6, 6.07) is 11.4. The Hall–Kier alpha value is -2.32. The maximum absolute atomic E-state index is 8.31. The molecule has 0 radical (unpaired) electrons. The molecule has 0 saturated carbocycles. The first-order chi connectivity index (χ1) is 6.86. The van der Waals surface area contributed by atoms with Crippen LogP contribution in [0.5, 0.6) is 0 Å². The van der Waals surface area contributed by atoms with Crippen molar-refractivity contribution in [1.82, 2.24) is 0 Å². The minimum Gasteiger partial charge on any atom is -0.193 e. The highest BCUT2D eigenvalue weighted by Crippen LogP contribution is 2.07. The Labute approximate surface area is 83.0 Å². The Balaban J connectivity index is 2.80. The maximum atomic E-state index is 8.31. The van der Waals surface area contributed by atoms with E-state index in [1.165, 1.54) is 12.2 Å². The number of nitriles is 2. The van der Waals surface area contributed by atoms with Crippen LogP contribution in [0.15, 0.2) is 36.4 Å². The van der Waals surface area contributed by atoms with Crippen LogP contribution in [-0.4, -0.2) is 0 Å². The number of allylic oxidation sites excluding steroid dienone is 2. The van der Waals surface area contributed by atoms with Crippen molar-refractivity contribution in [2.45, 2.75) is 0 Å². The third-order valence-electron chi connectivity index (χ3n) is 1.64. The first-order valence-corrected chi connectivity index (χ1v) is 4.09. The molecule has 0 aliphatic rings. The molecule has 0 aliphatic heterocycles. The van der Waals surface area contributed by atoms with Gasteiger partial charge in [0, 0.05) is 12.2 Å². The summed E-state index contributed by atoms with van der Waals surface area (Å²) in [7, 11) is 0. The highest BCUT2D eigenvalue weighted by atomic mass is 14.2. The minimum atomic E-state index is 0.973. The van der Waals surface area contributed by atoms with Gasteiger partial charge < -0.3 is 0 Å². The predicted octanol–water partition coefficient (Wildman–Crippen LogP) is 2.76. The second kappa shape index (κ2) is 5.35. The maximum Gasteiger partial charge on any atom is 0.0912 e. The summed E-state index contributed by atoms with van der Waals surface area (Å²) in [6.07, 6.45) is 6.33. The molecule has 1 aromatic rings. The first-order valence-electron chi connectivity index (χ1n) is 4.09. The van der Waals surface area contributed by atoms with Crippen LogP contribution in [0.1, 0.15) is 11.1 Å². The summed E-state index contributed by atoms with van der Waals surface area (Å²) in [5, 5.41) is 16.6. The van der Waals surface area contributed by atoms with Gasteiger partial charge in [-0.2, -0.15) is 10.5 Å². The quantitative estimate of drug-likeness (QED) is 0.657. The number of hydrogen-bond donors (Lipinski definition) is 0. The molecule has 0 aromatic heterocycles. The Morgan fingerprint density at radius 1 is 0.786 bits per heavy atom. The largest absolute Gasteiger partial charge is 0.193 e. The van der Waals surface area contributed by atoms with Crippen molar-refractivity contribution in [3.63, 3.8) is 0 Å². The summed E-state index contributed by atoms with van der Waals surface area (Å²) >= 11 is 0. The van der Waals surface area contributed by atoms with Crippen molar-refractivity contribution < 1.29 is 0 Å². The highest BCUT2D eigenvalue weighted by Gasteiger charge is 1.87. The standard InChI is InChI=1S/C12H8N2/c13-9-1-3-11-5-7-12(8-6-11)4-2-10-14/h1-8H. The van der Waals surface area contributed by atoms with Crippen molar-refractivity contribution >= 4 is 12.2 Å². The lowest BCUT2D eigenvalue weighted by Gasteiger charge is -1.93. The monoisotopic (exact) mass is 180 g/mol. The van der Waals surface area contributed by atoms with Gasteiger partial charge in [-0.1, -0.05) is 24.3 Å². The lowest BCUT2D eigenvalue weighted by molar-refractivity contribution is 1.53. The van der Waals surface area contributed by atoms with Gasteiger partial charge in [0.05, 0.1) is 12.1 Å². The Morgan fingerprint density at radius 2 is 1.14 bits per heavy atom. The van der Waals surface area contributed by atoms with E-state index < -0.39 is 0 Å². The summed E-state index contributed by atoms with van der Waals surface area (Å²) < 4.78 is 0. The third-order valence-corrected chi connectivity index (χ3v) is 1.64. The predicted molar refractivity (Wildman–Crippen MR) is 55.7 cm³/mol. The van der Waals surface area contributed by atoms with Gasteiger partial charge in [-0.15, -0.1) is 0 Å². The molecule has 14 heavy (non-hydrogen) atoms. The van der Waals surface area contributed by atoms with Crippen LogP contribution >= 0.6 is 0 Å².